The van der Waals surface area contributed by atoms with Crippen molar-refractivity contribution in [2.45, 2.75) is 19.5 Å². The van der Waals surface area contributed by atoms with Crippen LogP contribution in [0.15, 0.2) is 47.4 Å². The summed E-state index contributed by atoms with van der Waals surface area (Å²) in [4.78, 5) is 19.5. The van der Waals surface area contributed by atoms with Gasteiger partial charge in [0.15, 0.2) is 0 Å². The molecule has 0 N–H and O–H groups in total. The summed E-state index contributed by atoms with van der Waals surface area (Å²) in [7, 11) is 2.05. The standard InChI is InChI=1S/C19H22N4O2/c1-14-5-3-7-18-20-15(11-19(24)23(14)18)12-22-9-10-25-13-17(22)16-6-4-8-21(16)2/h3-8,11,17H,9-10,12-13H2,1-2H3/t17-/m1/s1. The molecule has 0 unspecified atom stereocenters. The molecule has 1 fully saturated rings. The highest BCUT2D eigenvalue weighted by molar-refractivity contribution is 5.40. The van der Waals surface area contributed by atoms with Crippen LogP contribution < -0.4 is 5.56 Å². The van der Waals surface area contributed by atoms with E-state index in [1.165, 1.54) is 5.69 Å². The third-order valence-corrected chi connectivity index (χ3v) is 4.86. The Balaban J connectivity index is 1.67. The van der Waals surface area contributed by atoms with Crippen molar-refractivity contribution in [3.8, 4) is 0 Å². The lowest BCUT2D eigenvalue weighted by molar-refractivity contribution is -0.0157. The van der Waals surface area contributed by atoms with Crippen molar-refractivity contribution in [3.05, 3.63) is 70.0 Å². The van der Waals surface area contributed by atoms with Gasteiger partial charge < -0.3 is 9.30 Å². The zero-order valence-corrected chi connectivity index (χ0v) is 14.6. The minimum atomic E-state index is -0.0261. The number of hydrogen-bond acceptors (Lipinski definition) is 4. The second-order valence-electron chi connectivity index (χ2n) is 6.55. The number of morpholine rings is 1. The van der Waals surface area contributed by atoms with E-state index in [2.05, 4.69) is 15.5 Å². The molecule has 0 bridgehead atoms. The van der Waals surface area contributed by atoms with E-state index in [9.17, 15) is 4.79 Å². The molecule has 3 aromatic heterocycles. The Morgan fingerprint density at radius 2 is 2.16 bits per heavy atom. The topological polar surface area (TPSA) is 51.8 Å². The summed E-state index contributed by atoms with van der Waals surface area (Å²) >= 11 is 0. The van der Waals surface area contributed by atoms with Gasteiger partial charge in [-0.2, -0.15) is 0 Å². The predicted octanol–water partition coefficient (Wildman–Crippen LogP) is 1.91. The van der Waals surface area contributed by atoms with Crippen LogP contribution in [-0.2, 0) is 18.3 Å². The van der Waals surface area contributed by atoms with Gasteiger partial charge in [-0.15, -0.1) is 0 Å². The molecule has 25 heavy (non-hydrogen) atoms. The van der Waals surface area contributed by atoms with Crippen LogP contribution in [0.3, 0.4) is 0 Å². The van der Waals surface area contributed by atoms with E-state index in [0.29, 0.717) is 25.4 Å². The van der Waals surface area contributed by atoms with E-state index < -0.39 is 0 Å². The Morgan fingerprint density at radius 3 is 2.96 bits per heavy atom. The molecule has 3 aromatic rings. The normalized spacial score (nSPS) is 18.7. The maximum absolute atomic E-state index is 12.5. The van der Waals surface area contributed by atoms with Crippen LogP contribution in [0.25, 0.3) is 5.65 Å². The summed E-state index contributed by atoms with van der Waals surface area (Å²) in [5.41, 5.74) is 3.59. The minimum absolute atomic E-state index is 0.0261. The number of rotatable bonds is 3. The Hall–Kier alpha value is -2.44. The fourth-order valence-electron chi connectivity index (χ4n) is 3.57. The van der Waals surface area contributed by atoms with Gasteiger partial charge in [0.05, 0.1) is 24.9 Å². The average Bonchev–Trinajstić information content (AvgIpc) is 3.01. The van der Waals surface area contributed by atoms with Gasteiger partial charge in [0.2, 0.25) is 0 Å². The quantitative estimate of drug-likeness (QED) is 0.732. The van der Waals surface area contributed by atoms with Gasteiger partial charge in [0.25, 0.3) is 5.56 Å². The van der Waals surface area contributed by atoms with Crippen molar-refractivity contribution in [2.24, 2.45) is 7.05 Å². The summed E-state index contributed by atoms with van der Waals surface area (Å²) in [5, 5.41) is 0. The first-order valence-corrected chi connectivity index (χ1v) is 8.55. The molecule has 4 heterocycles. The maximum atomic E-state index is 12.5. The lowest BCUT2D eigenvalue weighted by Gasteiger charge is -2.35. The van der Waals surface area contributed by atoms with Gasteiger partial charge in [0, 0.05) is 43.8 Å². The van der Waals surface area contributed by atoms with Crippen molar-refractivity contribution >= 4 is 5.65 Å². The van der Waals surface area contributed by atoms with E-state index in [0.717, 1.165) is 17.9 Å². The van der Waals surface area contributed by atoms with E-state index in [4.69, 9.17) is 9.72 Å². The van der Waals surface area contributed by atoms with Crippen molar-refractivity contribution in [1.82, 2.24) is 18.9 Å². The summed E-state index contributed by atoms with van der Waals surface area (Å²) in [6, 6.07) is 11.7. The average molecular weight is 338 g/mol. The third kappa shape index (κ3) is 2.99. The molecule has 0 radical (unpaired) electrons. The van der Waals surface area contributed by atoms with Crippen molar-refractivity contribution in [3.63, 3.8) is 0 Å². The van der Waals surface area contributed by atoms with Gasteiger partial charge in [-0.25, -0.2) is 4.98 Å². The van der Waals surface area contributed by atoms with Crippen molar-refractivity contribution in [1.29, 1.82) is 0 Å². The molecule has 0 amide bonds. The highest BCUT2D eigenvalue weighted by Gasteiger charge is 2.26. The Labute approximate surface area is 146 Å². The highest BCUT2D eigenvalue weighted by Crippen LogP contribution is 2.25. The third-order valence-electron chi connectivity index (χ3n) is 4.86. The van der Waals surface area contributed by atoms with Crippen molar-refractivity contribution in [2.75, 3.05) is 19.8 Å². The molecule has 1 saturated heterocycles. The number of pyridine rings is 1. The van der Waals surface area contributed by atoms with Crippen LogP contribution in [0.4, 0.5) is 0 Å². The number of aryl methyl sites for hydroxylation is 2. The van der Waals surface area contributed by atoms with Crippen LogP contribution >= 0.6 is 0 Å². The molecule has 0 saturated carbocycles. The summed E-state index contributed by atoms with van der Waals surface area (Å²) < 4.78 is 9.47. The lowest BCUT2D eigenvalue weighted by Crippen LogP contribution is -2.40. The van der Waals surface area contributed by atoms with Crippen LogP contribution in [0, 0.1) is 6.92 Å². The largest absolute Gasteiger partial charge is 0.378 e. The summed E-state index contributed by atoms with van der Waals surface area (Å²) in [6.07, 6.45) is 2.05. The molecular formula is C19H22N4O2. The Morgan fingerprint density at radius 1 is 1.28 bits per heavy atom. The molecule has 1 aliphatic heterocycles. The molecule has 6 heteroatoms. The van der Waals surface area contributed by atoms with Crippen LogP contribution in [0.2, 0.25) is 0 Å². The molecule has 0 aromatic carbocycles. The maximum Gasteiger partial charge on any atom is 0.258 e. The first-order chi connectivity index (χ1) is 12.1. The second kappa shape index (κ2) is 6.46. The first kappa shape index (κ1) is 16.1. The first-order valence-electron chi connectivity index (χ1n) is 8.55. The van der Waals surface area contributed by atoms with Gasteiger partial charge in [-0.3, -0.25) is 14.1 Å². The van der Waals surface area contributed by atoms with Crippen molar-refractivity contribution < 1.29 is 4.74 Å². The second-order valence-corrected chi connectivity index (χ2v) is 6.55. The zero-order chi connectivity index (χ0) is 17.4. The molecular weight excluding hydrogens is 316 g/mol. The minimum Gasteiger partial charge on any atom is -0.378 e. The highest BCUT2D eigenvalue weighted by atomic mass is 16.5. The lowest BCUT2D eigenvalue weighted by atomic mass is 10.1. The number of hydrogen-bond donors (Lipinski definition) is 0. The molecule has 0 aliphatic carbocycles. The fourth-order valence-corrected chi connectivity index (χ4v) is 3.57. The number of ether oxygens (including phenoxy) is 1. The monoisotopic (exact) mass is 338 g/mol. The molecule has 130 valence electrons. The molecule has 6 nitrogen and oxygen atoms in total. The van der Waals surface area contributed by atoms with Gasteiger partial charge in [0.1, 0.15) is 5.65 Å². The van der Waals surface area contributed by atoms with Gasteiger partial charge >= 0.3 is 0 Å². The van der Waals surface area contributed by atoms with E-state index in [-0.39, 0.29) is 11.6 Å². The van der Waals surface area contributed by atoms with E-state index >= 15 is 0 Å². The number of aromatic nitrogens is 3. The van der Waals surface area contributed by atoms with Gasteiger partial charge in [-0.1, -0.05) is 6.07 Å². The SMILES string of the molecule is Cc1cccc2nc(CN3CCOC[C@@H]3c3cccn3C)cc(=O)n12. The van der Waals surface area contributed by atoms with Crippen LogP contribution in [0.1, 0.15) is 23.1 Å². The molecule has 1 atom stereocenters. The summed E-state index contributed by atoms with van der Waals surface area (Å²) in [6.45, 7) is 4.74. The smallest absolute Gasteiger partial charge is 0.258 e. The van der Waals surface area contributed by atoms with E-state index in [1.54, 1.807) is 10.5 Å². The van der Waals surface area contributed by atoms with Crippen LogP contribution in [-0.4, -0.2) is 38.6 Å². The number of nitrogens with zero attached hydrogens (tertiary/aromatic N) is 4. The molecule has 1 aliphatic rings. The Kier molecular flexibility index (Phi) is 4.15. The molecule has 0 spiro atoms. The summed E-state index contributed by atoms with van der Waals surface area (Å²) in [5.74, 6) is 0. The predicted molar refractivity (Wildman–Crippen MR) is 95.6 cm³/mol. The number of fused-ring (bicyclic) bond motifs is 1. The van der Waals surface area contributed by atoms with Gasteiger partial charge in [-0.05, 0) is 31.2 Å². The van der Waals surface area contributed by atoms with E-state index in [1.807, 2.05) is 44.4 Å². The zero-order valence-electron chi connectivity index (χ0n) is 14.6. The Bertz CT molecular complexity index is 959. The van der Waals surface area contributed by atoms with Crippen LogP contribution in [0.5, 0.6) is 0 Å². The molecule has 4 rings (SSSR count). The fraction of sp³-hybridized carbons (Fsp3) is 0.368.